The Morgan fingerprint density at radius 1 is 1.00 bits per heavy atom. The van der Waals surface area contributed by atoms with Crippen molar-refractivity contribution in [2.45, 2.75) is 89.1 Å². The maximum absolute atomic E-state index is 13.3. The summed E-state index contributed by atoms with van der Waals surface area (Å²) < 4.78 is 44.6. The molecule has 41 heavy (non-hydrogen) atoms. The zero-order chi connectivity index (χ0) is 29.8. The van der Waals surface area contributed by atoms with Crippen LogP contribution in [-0.2, 0) is 30.8 Å². The third kappa shape index (κ3) is 8.08. The van der Waals surface area contributed by atoms with Gasteiger partial charge in [0.2, 0.25) is 15.9 Å². The van der Waals surface area contributed by atoms with Crippen molar-refractivity contribution < 1.29 is 32.2 Å². The number of amides is 2. The lowest BCUT2D eigenvalue weighted by molar-refractivity contribution is -0.129. The number of rotatable bonds is 9. The number of benzene rings is 2. The molecule has 1 saturated carbocycles. The summed E-state index contributed by atoms with van der Waals surface area (Å²) in [6, 6.07) is 15.9. The smallest absolute Gasteiger partial charge is 0.417 e. The van der Waals surface area contributed by atoms with Crippen LogP contribution >= 0.6 is 0 Å². The van der Waals surface area contributed by atoms with Crippen LogP contribution in [0.3, 0.4) is 0 Å². The lowest BCUT2D eigenvalue weighted by Crippen LogP contribution is -2.52. The van der Waals surface area contributed by atoms with Crippen molar-refractivity contribution in [2.24, 2.45) is 0 Å². The maximum atomic E-state index is 13.3. The minimum absolute atomic E-state index is 0.0327. The van der Waals surface area contributed by atoms with Crippen LogP contribution in [0.2, 0.25) is 0 Å². The van der Waals surface area contributed by atoms with Crippen LogP contribution < -0.4 is 4.74 Å². The number of carbonyl (C=O) groups is 2. The zero-order valence-electron chi connectivity index (χ0n) is 24.6. The van der Waals surface area contributed by atoms with E-state index >= 15 is 0 Å². The summed E-state index contributed by atoms with van der Waals surface area (Å²) in [6.45, 7) is 5.26. The molecular weight excluding hydrogens is 544 g/mol. The molecular formula is C31H42N2O7S. The summed E-state index contributed by atoms with van der Waals surface area (Å²) in [5.74, 6) is 0.648. The maximum Gasteiger partial charge on any atom is 0.417 e. The van der Waals surface area contributed by atoms with Crippen LogP contribution in [-0.4, -0.2) is 73.4 Å². The SMILES string of the molecule is COc1ccc(CN([C@H]2CC(=O)N(C(=O)OC(C)(C)C)[C@H]2COC2CCC(c3ccccc3)CC2)S(C)(=O)=O)cc1. The van der Waals surface area contributed by atoms with Crippen LogP contribution in [0.1, 0.15) is 69.9 Å². The fourth-order valence-corrected chi connectivity index (χ4v) is 6.80. The Hall–Kier alpha value is -2.95. The molecule has 2 aromatic carbocycles. The summed E-state index contributed by atoms with van der Waals surface area (Å²) in [4.78, 5) is 27.6. The fraction of sp³-hybridized carbons (Fsp3) is 0.548. The van der Waals surface area contributed by atoms with Gasteiger partial charge >= 0.3 is 6.09 Å². The average molecular weight is 587 g/mol. The van der Waals surface area contributed by atoms with Crippen molar-refractivity contribution in [3.63, 3.8) is 0 Å². The van der Waals surface area contributed by atoms with E-state index in [0.717, 1.165) is 42.4 Å². The molecule has 0 spiro atoms. The standard InChI is InChI=1S/C31H42N2O7S/c1-31(2,3)40-30(35)33-28(21-39-26-17-13-24(14-18-26)23-9-7-6-8-10-23)27(19-29(33)34)32(41(5,36)37)20-22-11-15-25(38-4)16-12-22/h6-12,15-16,24,26-28H,13-14,17-21H2,1-5H3/t24?,26?,27-,28-/m0/s1. The lowest BCUT2D eigenvalue weighted by atomic mass is 9.83. The van der Waals surface area contributed by atoms with Gasteiger partial charge < -0.3 is 14.2 Å². The first-order chi connectivity index (χ1) is 19.4. The highest BCUT2D eigenvalue weighted by Gasteiger charge is 2.49. The summed E-state index contributed by atoms with van der Waals surface area (Å²) in [6.07, 6.45) is 3.80. The third-order valence-electron chi connectivity index (χ3n) is 7.76. The largest absolute Gasteiger partial charge is 0.497 e. The number of nitrogens with zero attached hydrogens (tertiary/aromatic N) is 2. The van der Waals surface area contributed by atoms with Gasteiger partial charge in [0.15, 0.2) is 0 Å². The zero-order valence-corrected chi connectivity index (χ0v) is 25.4. The van der Waals surface area contributed by atoms with Gasteiger partial charge in [-0.3, -0.25) is 4.79 Å². The minimum atomic E-state index is -3.77. The summed E-state index contributed by atoms with van der Waals surface area (Å²) in [7, 11) is -2.21. The molecule has 4 rings (SSSR count). The molecule has 10 heteroatoms. The van der Waals surface area contributed by atoms with Crippen molar-refractivity contribution in [1.82, 2.24) is 9.21 Å². The molecule has 1 aliphatic heterocycles. The predicted octanol–water partition coefficient (Wildman–Crippen LogP) is 5.10. The van der Waals surface area contributed by atoms with Crippen LogP contribution in [0.15, 0.2) is 54.6 Å². The highest BCUT2D eigenvalue weighted by Crippen LogP contribution is 2.35. The fourth-order valence-electron chi connectivity index (χ4n) is 5.71. The van der Waals surface area contributed by atoms with Crippen LogP contribution in [0.25, 0.3) is 0 Å². The Morgan fingerprint density at radius 2 is 1.63 bits per heavy atom. The molecule has 1 saturated heterocycles. The first-order valence-electron chi connectivity index (χ1n) is 14.2. The van der Waals surface area contributed by atoms with Crippen molar-refractivity contribution in [2.75, 3.05) is 20.0 Å². The predicted molar refractivity (Wildman–Crippen MR) is 156 cm³/mol. The Morgan fingerprint density at radius 3 is 2.20 bits per heavy atom. The number of carbonyl (C=O) groups excluding carboxylic acids is 2. The van der Waals surface area contributed by atoms with Gasteiger partial charge in [-0.15, -0.1) is 0 Å². The van der Waals surface area contributed by atoms with E-state index in [4.69, 9.17) is 14.2 Å². The molecule has 1 aliphatic carbocycles. The van der Waals surface area contributed by atoms with Gasteiger partial charge in [0.1, 0.15) is 11.4 Å². The number of methoxy groups -OCH3 is 1. The van der Waals surface area contributed by atoms with Crippen LogP contribution in [0, 0.1) is 0 Å². The van der Waals surface area contributed by atoms with Gasteiger partial charge in [-0.25, -0.2) is 18.1 Å². The number of likely N-dealkylation sites (tertiary alicyclic amines) is 1. The monoisotopic (exact) mass is 586 g/mol. The number of ether oxygens (including phenoxy) is 3. The highest BCUT2D eigenvalue weighted by molar-refractivity contribution is 7.88. The van der Waals surface area contributed by atoms with Gasteiger partial charge in [0.25, 0.3) is 0 Å². The molecule has 9 nitrogen and oxygen atoms in total. The molecule has 0 unspecified atom stereocenters. The molecule has 224 valence electrons. The summed E-state index contributed by atoms with van der Waals surface area (Å²) in [5.41, 5.74) is 1.24. The normalized spacial score (nSPS) is 23.6. The second-order valence-corrected chi connectivity index (χ2v) is 13.9. The van der Waals surface area contributed by atoms with Gasteiger partial charge in [0.05, 0.1) is 38.2 Å². The molecule has 0 N–H and O–H groups in total. The molecule has 0 aromatic heterocycles. The first-order valence-corrected chi connectivity index (χ1v) is 16.0. The second-order valence-electron chi connectivity index (χ2n) is 12.0. The molecule has 2 aromatic rings. The highest BCUT2D eigenvalue weighted by atomic mass is 32.2. The van der Waals surface area contributed by atoms with E-state index in [0.29, 0.717) is 11.7 Å². The number of imide groups is 1. The van der Waals surface area contributed by atoms with E-state index in [1.807, 2.05) is 6.07 Å². The average Bonchev–Trinajstić information content (AvgIpc) is 3.25. The van der Waals surface area contributed by atoms with E-state index in [9.17, 15) is 18.0 Å². The van der Waals surface area contributed by atoms with Gasteiger partial charge in [-0.2, -0.15) is 4.31 Å². The quantitative estimate of drug-likeness (QED) is 0.403. The van der Waals surface area contributed by atoms with Crippen molar-refractivity contribution >= 4 is 22.0 Å². The van der Waals surface area contributed by atoms with Gasteiger partial charge in [-0.1, -0.05) is 42.5 Å². The Bertz CT molecular complexity index is 1280. The van der Waals surface area contributed by atoms with E-state index in [2.05, 4.69) is 24.3 Å². The summed E-state index contributed by atoms with van der Waals surface area (Å²) in [5, 5.41) is 0. The lowest BCUT2D eigenvalue weighted by Gasteiger charge is -2.35. The topological polar surface area (TPSA) is 102 Å². The van der Waals surface area contributed by atoms with Gasteiger partial charge in [-0.05, 0) is 75.6 Å². The first kappa shape index (κ1) is 31.0. The molecule has 2 aliphatic rings. The Balaban J connectivity index is 1.54. The Kier molecular flexibility index (Phi) is 9.77. The number of sulfonamides is 1. The van der Waals surface area contributed by atoms with Crippen molar-refractivity contribution in [1.29, 1.82) is 0 Å². The van der Waals surface area contributed by atoms with E-state index < -0.39 is 39.7 Å². The second kappa shape index (κ2) is 12.9. The van der Waals surface area contributed by atoms with Crippen LogP contribution in [0.4, 0.5) is 4.79 Å². The molecule has 2 fully saturated rings. The third-order valence-corrected chi connectivity index (χ3v) is 9.01. The molecule has 0 bridgehead atoms. The van der Waals surface area contributed by atoms with E-state index in [-0.39, 0.29) is 25.7 Å². The molecule has 1 heterocycles. The number of hydrogen-bond donors (Lipinski definition) is 0. The minimum Gasteiger partial charge on any atom is -0.497 e. The van der Waals surface area contributed by atoms with Crippen LogP contribution in [0.5, 0.6) is 5.75 Å². The van der Waals surface area contributed by atoms with E-state index in [1.165, 1.54) is 9.87 Å². The van der Waals surface area contributed by atoms with Gasteiger partial charge in [0, 0.05) is 13.0 Å². The molecule has 2 atom stereocenters. The van der Waals surface area contributed by atoms with Crippen molar-refractivity contribution in [3.8, 4) is 5.75 Å². The number of hydrogen-bond acceptors (Lipinski definition) is 7. The Labute approximate surface area is 243 Å². The summed E-state index contributed by atoms with van der Waals surface area (Å²) >= 11 is 0. The van der Waals surface area contributed by atoms with Crippen molar-refractivity contribution in [3.05, 3.63) is 65.7 Å². The molecule has 2 amide bonds. The van der Waals surface area contributed by atoms with E-state index in [1.54, 1.807) is 52.1 Å². The molecule has 0 radical (unpaired) electrons.